The third-order valence-corrected chi connectivity index (χ3v) is 2.32. The van der Waals surface area contributed by atoms with Gasteiger partial charge in [0.05, 0.1) is 11.7 Å². The Labute approximate surface area is 80.1 Å². The van der Waals surface area contributed by atoms with Gasteiger partial charge in [-0.25, -0.2) is 4.68 Å². The van der Waals surface area contributed by atoms with Crippen molar-refractivity contribution < 1.29 is 0 Å². The van der Waals surface area contributed by atoms with E-state index in [9.17, 15) is 0 Å². The fourth-order valence-electron chi connectivity index (χ4n) is 1.71. The highest BCUT2D eigenvalue weighted by molar-refractivity contribution is 4.89. The van der Waals surface area contributed by atoms with E-state index >= 15 is 0 Å². The molecule has 2 rings (SSSR count). The monoisotopic (exact) mass is 181 g/mol. The minimum atomic E-state index is 0.635. The van der Waals surface area contributed by atoms with E-state index in [4.69, 9.17) is 0 Å². The van der Waals surface area contributed by atoms with Crippen LogP contribution in [0.25, 0.3) is 0 Å². The predicted octanol–water partition coefficient (Wildman–Crippen LogP) is 2.73. The Hall–Kier alpha value is -0.860. The van der Waals surface area contributed by atoms with Crippen molar-refractivity contribution in [3.8, 4) is 0 Å². The molecule has 1 heterocycles. The second-order valence-electron chi connectivity index (χ2n) is 3.28. The smallest absolute Gasteiger partial charge is 0.0796 e. The van der Waals surface area contributed by atoms with E-state index in [0.29, 0.717) is 6.04 Å². The molecule has 0 spiro atoms. The van der Waals surface area contributed by atoms with Crippen molar-refractivity contribution in [1.29, 1.82) is 0 Å². The number of nitrogens with zero attached hydrogens (tertiary/aromatic N) is 3. The Morgan fingerprint density at radius 3 is 2.38 bits per heavy atom. The molecule has 0 amide bonds. The molecule has 74 valence electrons. The summed E-state index contributed by atoms with van der Waals surface area (Å²) in [5.41, 5.74) is 1.02. The number of rotatable bonds is 1. The molecule has 1 aromatic heterocycles. The number of hydrogen-bond donors (Lipinski definition) is 0. The highest BCUT2D eigenvalue weighted by Gasteiger charge is 2.17. The lowest BCUT2D eigenvalue weighted by molar-refractivity contribution is 0.454. The van der Waals surface area contributed by atoms with Gasteiger partial charge in [-0.15, -0.1) is 5.10 Å². The maximum absolute atomic E-state index is 4.06. The van der Waals surface area contributed by atoms with Crippen LogP contribution in [0.15, 0.2) is 6.20 Å². The van der Waals surface area contributed by atoms with Gasteiger partial charge in [0, 0.05) is 6.20 Å². The summed E-state index contributed by atoms with van der Waals surface area (Å²) in [5.74, 6) is 0. The highest BCUT2D eigenvalue weighted by atomic mass is 15.4. The fourth-order valence-corrected chi connectivity index (χ4v) is 1.71. The molecule has 0 unspecified atom stereocenters. The van der Waals surface area contributed by atoms with E-state index in [1.165, 1.54) is 25.7 Å². The van der Waals surface area contributed by atoms with Crippen LogP contribution >= 0.6 is 0 Å². The SMILES string of the molecule is CC.Cc1cn(C2CCCC2)nn1. The summed E-state index contributed by atoms with van der Waals surface area (Å²) in [6.45, 7) is 5.98. The molecule has 1 aliphatic rings. The normalized spacial score (nSPS) is 16.8. The van der Waals surface area contributed by atoms with Gasteiger partial charge in [-0.3, -0.25) is 0 Å². The van der Waals surface area contributed by atoms with E-state index in [1.807, 2.05) is 31.6 Å². The van der Waals surface area contributed by atoms with Gasteiger partial charge in [0.1, 0.15) is 0 Å². The average Bonchev–Trinajstić information content (AvgIpc) is 2.77. The van der Waals surface area contributed by atoms with Crippen LogP contribution in [0.1, 0.15) is 51.3 Å². The van der Waals surface area contributed by atoms with Crippen LogP contribution in [0.2, 0.25) is 0 Å². The van der Waals surface area contributed by atoms with Crippen molar-refractivity contribution in [1.82, 2.24) is 15.0 Å². The Morgan fingerprint density at radius 2 is 1.92 bits per heavy atom. The van der Waals surface area contributed by atoms with Crippen LogP contribution < -0.4 is 0 Å². The summed E-state index contributed by atoms with van der Waals surface area (Å²) in [5, 5.41) is 8.04. The maximum atomic E-state index is 4.06. The fraction of sp³-hybridized carbons (Fsp3) is 0.800. The predicted molar refractivity (Wildman–Crippen MR) is 53.6 cm³/mol. The molecule has 0 N–H and O–H groups in total. The van der Waals surface area contributed by atoms with Gasteiger partial charge in [0.25, 0.3) is 0 Å². The van der Waals surface area contributed by atoms with Crippen LogP contribution in [0.5, 0.6) is 0 Å². The second kappa shape index (κ2) is 5.00. The molecular weight excluding hydrogens is 162 g/mol. The molecule has 1 fully saturated rings. The molecule has 0 bridgehead atoms. The summed E-state index contributed by atoms with van der Waals surface area (Å²) < 4.78 is 2.02. The molecule has 1 saturated carbocycles. The Balaban J connectivity index is 0.000000396. The van der Waals surface area contributed by atoms with Crippen LogP contribution in [0.3, 0.4) is 0 Å². The lowest BCUT2D eigenvalue weighted by Crippen LogP contribution is -2.04. The van der Waals surface area contributed by atoms with E-state index in [0.717, 1.165) is 5.69 Å². The van der Waals surface area contributed by atoms with Crippen LogP contribution in [0.4, 0.5) is 0 Å². The third-order valence-electron chi connectivity index (χ3n) is 2.32. The lowest BCUT2D eigenvalue weighted by atomic mass is 10.3. The Bertz CT molecular complexity index is 236. The maximum Gasteiger partial charge on any atom is 0.0796 e. The number of aryl methyl sites for hydroxylation is 1. The molecule has 0 atom stereocenters. The van der Waals surface area contributed by atoms with Crippen molar-refractivity contribution >= 4 is 0 Å². The molecule has 1 aromatic rings. The summed E-state index contributed by atoms with van der Waals surface area (Å²) >= 11 is 0. The minimum Gasteiger partial charge on any atom is -0.249 e. The summed E-state index contributed by atoms with van der Waals surface area (Å²) in [6, 6.07) is 0.635. The first-order valence-corrected chi connectivity index (χ1v) is 5.25. The molecule has 0 aliphatic heterocycles. The van der Waals surface area contributed by atoms with E-state index in [-0.39, 0.29) is 0 Å². The van der Waals surface area contributed by atoms with Gasteiger partial charge in [0.2, 0.25) is 0 Å². The summed E-state index contributed by atoms with van der Waals surface area (Å²) in [6.07, 6.45) is 7.30. The van der Waals surface area contributed by atoms with Crippen molar-refractivity contribution in [2.75, 3.05) is 0 Å². The number of aromatic nitrogens is 3. The molecule has 1 aliphatic carbocycles. The van der Waals surface area contributed by atoms with Crippen molar-refractivity contribution in [2.24, 2.45) is 0 Å². The van der Waals surface area contributed by atoms with Crippen LogP contribution in [-0.2, 0) is 0 Å². The summed E-state index contributed by atoms with van der Waals surface area (Å²) in [4.78, 5) is 0. The van der Waals surface area contributed by atoms with Crippen molar-refractivity contribution in [2.45, 2.75) is 52.5 Å². The zero-order valence-electron chi connectivity index (χ0n) is 8.82. The van der Waals surface area contributed by atoms with E-state index in [1.54, 1.807) is 0 Å². The first-order chi connectivity index (χ1) is 6.36. The second-order valence-corrected chi connectivity index (χ2v) is 3.28. The average molecular weight is 181 g/mol. The molecule has 3 nitrogen and oxygen atoms in total. The molecule has 0 aromatic carbocycles. The third kappa shape index (κ3) is 2.54. The Morgan fingerprint density at radius 1 is 1.31 bits per heavy atom. The number of hydrogen-bond acceptors (Lipinski definition) is 2. The van der Waals surface area contributed by atoms with Gasteiger partial charge in [-0.1, -0.05) is 31.9 Å². The molecule has 3 heteroatoms. The zero-order valence-corrected chi connectivity index (χ0v) is 8.82. The van der Waals surface area contributed by atoms with Crippen LogP contribution in [0, 0.1) is 6.92 Å². The Kier molecular flexibility index (Phi) is 3.93. The highest BCUT2D eigenvalue weighted by Crippen LogP contribution is 2.28. The van der Waals surface area contributed by atoms with Gasteiger partial charge >= 0.3 is 0 Å². The van der Waals surface area contributed by atoms with Gasteiger partial charge in [-0.05, 0) is 19.8 Å². The molecule has 13 heavy (non-hydrogen) atoms. The lowest BCUT2D eigenvalue weighted by Gasteiger charge is -2.06. The first-order valence-electron chi connectivity index (χ1n) is 5.25. The minimum absolute atomic E-state index is 0.635. The van der Waals surface area contributed by atoms with Gasteiger partial charge in [0.15, 0.2) is 0 Å². The topological polar surface area (TPSA) is 30.7 Å². The largest absolute Gasteiger partial charge is 0.249 e. The van der Waals surface area contributed by atoms with Crippen LogP contribution in [-0.4, -0.2) is 15.0 Å². The zero-order chi connectivity index (χ0) is 9.68. The summed E-state index contributed by atoms with van der Waals surface area (Å²) in [7, 11) is 0. The van der Waals surface area contributed by atoms with Crippen molar-refractivity contribution in [3.05, 3.63) is 11.9 Å². The van der Waals surface area contributed by atoms with E-state index < -0.39 is 0 Å². The van der Waals surface area contributed by atoms with Gasteiger partial charge in [-0.2, -0.15) is 0 Å². The van der Waals surface area contributed by atoms with Crippen molar-refractivity contribution in [3.63, 3.8) is 0 Å². The van der Waals surface area contributed by atoms with E-state index in [2.05, 4.69) is 10.3 Å². The first kappa shape index (κ1) is 10.2. The standard InChI is InChI=1S/C8H13N3.C2H6/c1-7-6-11(10-9-7)8-4-2-3-5-8;1-2/h6,8H,2-5H2,1H3;1-2H3. The van der Waals surface area contributed by atoms with Gasteiger partial charge < -0.3 is 0 Å². The molecule has 0 radical (unpaired) electrons. The molecular formula is C10H19N3. The quantitative estimate of drug-likeness (QED) is 0.667. The molecule has 0 saturated heterocycles.